The zero-order valence-corrected chi connectivity index (χ0v) is 34.0. The van der Waals surface area contributed by atoms with Crippen LogP contribution >= 0.6 is 0 Å². The van der Waals surface area contributed by atoms with Crippen molar-refractivity contribution in [2.45, 2.75) is 0 Å². The minimum Gasteiger partial charge on any atom is -0.456 e. The van der Waals surface area contributed by atoms with Gasteiger partial charge in [0, 0.05) is 28.0 Å². The monoisotopic (exact) mass is 791 g/mol. The highest BCUT2D eigenvalue weighted by Gasteiger charge is 2.17. The third kappa shape index (κ3) is 7.14. The van der Waals surface area contributed by atoms with Gasteiger partial charge in [0.25, 0.3) is 0 Å². The first-order chi connectivity index (χ1) is 30.7. The smallest absolute Gasteiger partial charge is 0.135 e. The Morgan fingerprint density at radius 1 is 0.242 bits per heavy atom. The molecule has 11 aromatic rings. The van der Waals surface area contributed by atoms with Crippen LogP contribution in [0.1, 0.15) is 0 Å². The van der Waals surface area contributed by atoms with Crippen molar-refractivity contribution in [1.82, 2.24) is 0 Å². The van der Waals surface area contributed by atoms with Crippen LogP contribution in [0, 0.1) is 0 Å². The van der Waals surface area contributed by atoms with Gasteiger partial charge in [0.15, 0.2) is 0 Å². The molecule has 0 amide bonds. The fourth-order valence-electron chi connectivity index (χ4n) is 8.74. The van der Waals surface area contributed by atoms with Crippen molar-refractivity contribution < 1.29 is 4.42 Å². The summed E-state index contributed by atoms with van der Waals surface area (Å²) in [5.74, 6) is 0.879. The van der Waals surface area contributed by atoms with E-state index in [2.05, 4.69) is 235 Å². The molecule has 0 aliphatic heterocycles. The van der Waals surface area contributed by atoms with Crippen molar-refractivity contribution in [2.75, 3.05) is 4.90 Å². The van der Waals surface area contributed by atoms with E-state index in [-0.39, 0.29) is 0 Å². The Bertz CT molecular complexity index is 3290. The molecule has 0 spiro atoms. The lowest BCUT2D eigenvalue weighted by Crippen LogP contribution is -2.09. The lowest BCUT2D eigenvalue weighted by atomic mass is 9.89. The third-order valence-electron chi connectivity index (χ3n) is 11.9. The first-order valence-electron chi connectivity index (χ1n) is 21.2. The molecule has 0 unspecified atom stereocenters. The van der Waals surface area contributed by atoms with Crippen LogP contribution in [-0.2, 0) is 0 Å². The van der Waals surface area contributed by atoms with E-state index in [1.807, 2.05) is 18.2 Å². The summed E-state index contributed by atoms with van der Waals surface area (Å²) in [7, 11) is 0. The summed E-state index contributed by atoms with van der Waals surface area (Å²) >= 11 is 0. The second-order valence-electron chi connectivity index (χ2n) is 15.7. The summed E-state index contributed by atoms with van der Waals surface area (Å²) in [6, 6.07) is 89.1. The molecule has 62 heavy (non-hydrogen) atoms. The van der Waals surface area contributed by atoms with Gasteiger partial charge in [-0.2, -0.15) is 0 Å². The fourth-order valence-corrected chi connectivity index (χ4v) is 8.74. The summed E-state index contributed by atoms with van der Waals surface area (Å²) in [5, 5.41) is 3.54. The van der Waals surface area contributed by atoms with Crippen LogP contribution in [0.2, 0.25) is 0 Å². The van der Waals surface area contributed by atoms with Crippen molar-refractivity contribution in [1.29, 1.82) is 0 Å². The summed E-state index contributed by atoms with van der Waals surface area (Å²) in [6.07, 6.45) is 0. The van der Waals surface area contributed by atoms with E-state index in [1.165, 1.54) is 49.7 Å². The standard InChI is InChI=1S/C60H41NO/c1-2-14-46(15-3-1)55-20-7-9-22-57(55)58-23-10-8-21-56(58)47-32-36-53(37-33-47)61(54-38-31-42-13-4-5-16-49(42)40-54)52-34-29-44(30-35-52)43-25-27-45(28-26-43)48-18-12-19-50(39-48)60-41-51-17-6-11-24-59(51)62-60/h1-41H. The van der Waals surface area contributed by atoms with E-state index in [9.17, 15) is 0 Å². The number of hydrogen-bond acceptors (Lipinski definition) is 2. The van der Waals surface area contributed by atoms with Gasteiger partial charge in [0.1, 0.15) is 11.3 Å². The molecular weight excluding hydrogens is 751 g/mol. The zero-order valence-electron chi connectivity index (χ0n) is 34.0. The Morgan fingerprint density at radius 3 is 1.34 bits per heavy atom. The molecule has 0 fully saturated rings. The van der Waals surface area contributed by atoms with E-state index in [1.54, 1.807) is 0 Å². The van der Waals surface area contributed by atoms with E-state index in [0.717, 1.165) is 56.0 Å². The molecule has 0 saturated carbocycles. The topological polar surface area (TPSA) is 16.4 Å². The minimum atomic E-state index is 0.879. The van der Waals surface area contributed by atoms with Gasteiger partial charge in [0.05, 0.1) is 0 Å². The van der Waals surface area contributed by atoms with Crippen LogP contribution in [0.25, 0.3) is 88.7 Å². The molecule has 10 aromatic carbocycles. The first-order valence-corrected chi connectivity index (χ1v) is 21.2. The predicted molar refractivity (Wildman–Crippen MR) is 261 cm³/mol. The second-order valence-corrected chi connectivity index (χ2v) is 15.7. The molecular formula is C60H41NO. The average molecular weight is 792 g/mol. The van der Waals surface area contributed by atoms with Crippen LogP contribution in [0.5, 0.6) is 0 Å². The predicted octanol–water partition coefficient (Wildman–Crippen LogP) is 17.1. The quantitative estimate of drug-likeness (QED) is 0.145. The van der Waals surface area contributed by atoms with Gasteiger partial charge < -0.3 is 9.32 Å². The van der Waals surface area contributed by atoms with Gasteiger partial charge in [-0.1, -0.05) is 194 Å². The fraction of sp³-hybridized carbons (Fsp3) is 0. The van der Waals surface area contributed by atoms with Crippen LogP contribution in [-0.4, -0.2) is 0 Å². The van der Waals surface area contributed by atoms with Gasteiger partial charge in [-0.05, 0) is 121 Å². The maximum absolute atomic E-state index is 6.18. The average Bonchev–Trinajstić information content (AvgIpc) is 3.80. The van der Waals surface area contributed by atoms with Gasteiger partial charge in [0.2, 0.25) is 0 Å². The molecule has 2 heteroatoms. The molecule has 11 rings (SSSR count). The van der Waals surface area contributed by atoms with Crippen molar-refractivity contribution in [2.24, 2.45) is 0 Å². The first kappa shape index (κ1) is 36.8. The number of para-hydroxylation sites is 1. The minimum absolute atomic E-state index is 0.879. The molecule has 0 bridgehead atoms. The molecule has 0 aliphatic carbocycles. The SMILES string of the molecule is c1ccc(-c2ccccc2-c2ccccc2-c2ccc(N(c3ccc(-c4ccc(-c5cccc(-c6cc7ccccc7o6)c5)cc4)cc3)c3ccc4ccccc4c3)cc2)cc1. The second kappa shape index (κ2) is 16.1. The number of fused-ring (bicyclic) bond motifs is 2. The molecule has 0 aliphatic rings. The molecule has 2 nitrogen and oxygen atoms in total. The molecule has 1 aromatic heterocycles. The highest BCUT2D eigenvalue weighted by molar-refractivity contribution is 5.93. The lowest BCUT2D eigenvalue weighted by Gasteiger charge is -2.26. The van der Waals surface area contributed by atoms with Crippen molar-refractivity contribution in [3.05, 3.63) is 249 Å². The van der Waals surface area contributed by atoms with Crippen molar-refractivity contribution in [3.63, 3.8) is 0 Å². The van der Waals surface area contributed by atoms with E-state index in [0.29, 0.717) is 0 Å². The summed E-state index contributed by atoms with van der Waals surface area (Å²) < 4.78 is 6.18. The van der Waals surface area contributed by atoms with Crippen LogP contribution in [0.4, 0.5) is 17.1 Å². The summed E-state index contributed by atoms with van der Waals surface area (Å²) in [6.45, 7) is 0. The number of rotatable bonds is 9. The molecule has 292 valence electrons. The van der Waals surface area contributed by atoms with Gasteiger partial charge in [-0.15, -0.1) is 0 Å². The Balaban J connectivity index is 0.908. The van der Waals surface area contributed by atoms with Crippen molar-refractivity contribution in [3.8, 4) is 67.0 Å². The molecule has 1 heterocycles. The van der Waals surface area contributed by atoms with Crippen molar-refractivity contribution >= 4 is 38.8 Å². The molecule has 0 saturated heterocycles. The third-order valence-corrected chi connectivity index (χ3v) is 11.9. The number of furan rings is 1. The Labute approximate surface area is 362 Å². The largest absolute Gasteiger partial charge is 0.456 e. The maximum Gasteiger partial charge on any atom is 0.135 e. The summed E-state index contributed by atoms with van der Waals surface area (Å²) in [5.41, 5.74) is 17.2. The molecule has 0 N–H and O–H groups in total. The normalized spacial score (nSPS) is 11.2. The Morgan fingerprint density at radius 2 is 0.694 bits per heavy atom. The van der Waals surface area contributed by atoms with E-state index in [4.69, 9.17) is 4.42 Å². The zero-order chi connectivity index (χ0) is 41.2. The molecule has 0 radical (unpaired) electrons. The number of anilines is 3. The van der Waals surface area contributed by atoms with Crippen LogP contribution < -0.4 is 4.90 Å². The lowest BCUT2D eigenvalue weighted by molar-refractivity contribution is 0.631. The van der Waals surface area contributed by atoms with E-state index < -0.39 is 0 Å². The number of hydrogen-bond donors (Lipinski definition) is 0. The van der Waals surface area contributed by atoms with Crippen LogP contribution in [0.3, 0.4) is 0 Å². The van der Waals surface area contributed by atoms with Gasteiger partial charge in [-0.3, -0.25) is 0 Å². The maximum atomic E-state index is 6.18. The number of benzene rings is 10. The Hall–Kier alpha value is -8.20. The highest BCUT2D eigenvalue weighted by atomic mass is 16.3. The number of nitrogens with zero attached hydrogens (tertiary/aromatic N) is 1. The van der Waals surface area contributed by atoms with E-state index >= 15 is 0 Å². The summed E-state index contributed by atoms with van der Waals surface area (Å²) in [4.78, 5) is 2.36. The van der Waals surface area contributed by atoms with Gasteiger partial charge >= 0.3 is 0 Å². The Kier molecular flexibility index (Phi) is 9.57. The molecule has 0 atom stereocenters. The van der Waals surface area contributed by atoms with Gasteiger partial charge in [-0.25, -0.2) is 0 Å². The highest BCUT2D eigenvalue weighted by Crippen LogP contribution is 2.41. The van der Waals surface area contributed by atoms with Crippen LogP contribution in [0.15, 0.2) is 253 Å².